The van der Waals surface area contributed by atoms with E-state index in [1.807, 2.05) is 31.3 Å². The molecule has 4 rings (SSSR count). The molecule has 1 aliphatic heterocycles. The number of fused-ring (bicyclic) bond motifs is 2. The fourth-order valence-corrected chi connectivity index (χ4v) is 3.41. The molecule has 0 radical (unpaired) electrons. The predicted molar refractivity (Wildman–Crippen MR) is 114 cm³/mol. The highest BCUT2D eigenvalue weighted by Gasteiger charge is 2.28. The largest absolute Gasteiger partial charge is 0.497 e. The third-order valence-electron chi connectivity index (χ3n) is 4.87. The smallest absolute Gasteiger partial charge is 0.231 e. The number of rotatable bonds is 6. The molecule has 0 spiro atoms. The Kier molecular flexibility index (Phi) is 4.89. The van der Waals surface area contributed by atoms with Crippen molar-refractivity contribution in [1.29, 1.82) is 0 Å². The van der Waals surface area contributed by atoms with Gasteiger partial charge in [0.05, 0.1) is 12.7 Å². The van der Waals surface area contributed by atoms with Crippen molar-refractivity contribution < 1.29 is 19.0 Å². The molecular formula is C24H23NO4. The second-order valence-electron chi connectivity index (χ2n) is 7.10. The fraction of sp³-hybridized carbons (Fsp3) is 0.208. The van der Waals surface area contributed by atoms with Gasteiger partial charge in [-0.2, -0.15) is 0 Å². The zero-order valence-electron chi connectivity index (χ0n) is 16.8. The number of carbonyl (C=O) groups is 1. The number of carbonyl (C=O) groups excluding carboxylic acids is 1. The van der Waals surface area contributed by atoms with Gasteiger partial charge in [0.25, 0.3) is 0 Å². The Morgan fingerprint density at radius 1 is 1.21 bits per heavy atom. The van der Waals surface area contributed by atoms with Crippen LogP contribution in [0.2, 0.25) is 0 Å². The van der Waals surface area contributed by atoms with E-state index in [4.69, 9.17) is 14.2 Å². The van der Waals surface area contributed by atoms with Crippen LogP contribution in [0.5, 0.6) is 17.2 Å². The van der Waals surface area contributed by atoms with Gasteiger partial charge in [-0.15, -0.1) is 0 Å². The van der Waals surface area contributed by atoms with Gasteiger partial charge in [-0.1, -0.05) is 6.58 Å². The second kappa shape index (κ2) is 7.51. The van der Waals surface area contributed by atoms with Crippen LogP contribution in [0.15, 0.2) is 60.5 Å². The Morgan fingerprint density at radius 2 is 2.00 bits per heavy atom. The van der Waals surface area contributed by atoms with Crippen LogP contribution in [0.1, 0.15) is 29.8 Å². The van der Waals surface area contributed by atoms with Gasteiger partial charge in [-0.25, -0.2) is 0 Å². The number of nitrogens with zero attached hydrogens (tertiary/aromatic N) is 1. The van der Waals surface area contributed by atoms with Crippen LogP contribution in [0, 0.1) is 0 Å². The Morgan fingerprint density at radius 3 is 2.72 bits per heavy atom. The molecule has 0 bridgehead atoms. The van der Waals surface area contributed by atoms with E-state index in [1.165, 1.54) is 0 Å². The number of Topliss-reactive ketones (excluding diaryl/α,β-unsaturated/α-hetero) is 1. The summed E-state index contributed by atoms with van der Waals surface area (Å²) in [5.41, 5.74) is 3.45. The Labute approximate surface area is 169 Å². The van der Waals surface area contributed by atoms with E-state index in [0.717, 1.165) is 34.3 Å². The van der Waals surface area contributed by atoms with Crippen LogP contribution in [0.4, 0.5) is 0 Å². The number of aromatic nitrogens is 1. The third-order valence-corrected chi connectivity index (χ3v) is 4.87. The lowest BCUT2D eigenvalue weighted by Crippen LogP contribution is -1.98. The minimum absolute atomic E-state index is 0.133. The third kappa shape index (κ3) is 3.51. The van der Waals surface area contributed by atoms with Gasteiger partial charge in [0.1, 0.15) is 23.9 Å². The van der Waals surface area contributed by atoms with Crippen LogP contribution < -0.4 is 14.2 Å². The summed E-state index contributed by atoms with van der Waals surface area (Å²) >= 11 is 0. The van der Waals surface area contributed by atoms with Gasteiger partial charge >= 0.3 is 0 Å². The monoisotopic (exact) mass is 389 g/mol. The number of ether oxygens (including phenoxy) is 3. The lowest BCUT2D eigenvalue weighted by Gasteiger charge is -2.06. The first-order chi connectivity index (χ1) is 14.0. The molecule has 0 N–H and O–H groups in total. The quantitative estimate of drug-likeness (QED) is 0.427. The van der Waals surface area contributed by atoms with Crippen LogP contribution in [0.3, 0.4) is 0 Å². The Balaban J connectivity index is 1.70. The molecule has 1 aliphatic rings. The molecule has 5 nitrogen and oxygen atoms in total. The summed E-state index contributed by atoms with van der Waals surface area (Å²) in [4.78, 5) is 12.8. The van der Waals surface area contributed by atoms with E-state index in [-0.39, 0.29) is 5.78 Å². The number of ketones is 1. The standard InChI is InChI=1S/C24H23NO4/c1-5-25-13-16(20-11-17(27-4)7-9-21(20)25)10-23-24(26)19-8-6-18(12-22(19)29-23)28-14-15(2)3/h6-13H,2,5,14H2,1,3-4H3. The van der Waals surface area contributed by atoms with E-state index >= 15 is 0 Å². The molecule has 0 fully saturated rings. The minimum atomic E-state index is -0.133. The molecule has 0 unspecified atom stereocenters. The SMILES string of the molecule is C=C(C)COc1ccc2c(c1)OC(=Cc1cn(CC)c3ccc(OC)cc13)C2=O. The highest BCUT2D eigenvalue weighted by molar-refractivity contribution is 6.15. The van der Waals surface area contributed by atoms with E-state index in [0.29, 0.717) is 29.4 Å². The van der Waals surface area contributed by atoms with Crippen molar-refractivity contribution in [2.75, 3.05) is 13.7 Å². The summed E-state index contributed by atoms with van der Waals surface area (Å²) in [6.45, 7) is 9.06. The van der Waals surface area contributed by atoms with Gasteiger partial charge in [0.2, 0.25) is 5.78 Å². The molecule has 0 amide bonds. The predicted octanol–water partition coefficient (Wildman–Crippen LogP) is 5.24. The molecule has 2 heterocycles. The zero-order chi connectivity index (χ0) is 20.5. The summed E-state index contributed by atoms with van der Waals surface area (Å²) in [6.07, 6.45) is 3.82. The summed E-state index contributed by atoms with van der Waals surface area (Å²) < 4.78 is 19.0. The maximum absolute atomic E-state index is 12.8. The molecule has 0 saturated carbocycles. The molecule has 29 heavy (non-hydrogen) atoms. The second-order valence-corrected chi connectivity index (χ2v) is 7.10. The van der Waals surface area contributed by atoms with Crippen molar-refractivity contribution >= 4 is 22.8 Å². The van der Waals surface area contributed by atoms with E-state index < -0.39 is 0 Å². The van der Waals surface area contributed by atoms with Crippen molar-refractivity contribution in [3.63, 3.8) is 0 Å². The Bertz CT molecular complexity index is 1150. The van der Waals surface area contributed by atoms with Crippen LogP contribution >= 0.6 is 0 Å². The highest BCUT2D eigenvalue weighted by Crippen LogP contribution is 2.36. The number of hydrogen-bond donors (Lipinski definition) is 0. The molecule has 5 heteroatoms. The maximum atomic E-state index is 12.8. The first kappa shape index (κ1) is 18.9. The average Bonchev–Trinajstić information content (AvgIpc) is 3.23. The van der Waals surface area contributed by atoms with Gasteiger partial charge in [0, 0.05) is 35.3 Å². The summed E-state index contributed by atoms with van der Waals surface area (Å²) in [5, 5.41) is 1.01. The highest BCUT2D eigenvalue weighted by atomic mass is 16.5. The molecule has 2 aromatic carbocycles. The van der Waals surface area contributed by atoms with Crippen LogP contribution in [-0.2, 0) is 6.54 Å². The summed E-state index contributed by atoms with van der Waals surface area (Å²) in [6, 6.07) is 11.2. The summed E-state index contributed by atoms with van der Waals surface area (Å²) in [5.74, 6) is 2.10. The first-order valence-corrected chi connectivity index (χ1v) is 9.52. The normalized spacial score (nSPS) is 14.2. The number of aryl methyl sites for hydroxylation is 1. The molecule has 0 saturated heterocycles. The van der Waals surface area contributed by atoms with Gasteiger partial charge < -0.3 is 18.8 Å². The number of methoxy groups -OCH3 is 1. The molecule has 1 aromatic heterocycles. The maximum Gasteiger partial charge on any atom is 0.231 e. The van der Waals surface area contributed by atoms with Crippen molar-refractivity contribution in [2.24, 2.45) is 0 Å². The van der Waals surface area contributed by atoms with Crippen LogP contribution in [0.25, 0.3) is 17.0 Å². The van der Waals surface area contributed by atoms with Crippen molar-refractivity contribution in [2.45, 2.75) is 20.4 Å². The number of benzene rings is 2. The van der Waals surface area contributed by atoms with Crippen molar-refractivity contribution in [3.05, 3.63) is 71.6 Å². The average molecular weight is 389 g/mol. The number of allylic oxidation sites excluding steroid dienone is 1. The molecule has 148 valence electrons. The van der Waals surface area contributed by atoms with E-state index in [2.05, 4.69) is 18.1 Å². The molecule has 0 atom stereocenters. The first-order valence-electron chi connectivity index (χ1n) is 9.52. The Hall–Kier alpha value is -3.47. The topological polar surface area (TPSA) is 49.7 Å². The van der Waals surface area contributed by atoms with Gasteiger partial charge in [-0.05, 0) is 55.8 Å². The molecule has 0 aliphatic carbocycles. The van der Waals surface area contributed by atoms with Crippen molar-refractivity contribution in [1.82, 2.24) is 4.57 Å². The fourth-order valence-electron chi connectivity index (χ4n) is 3.41. The van der Waals surface area contributed by atoms with Gasteiger partial charge in [-0.3, -0.25) is 4.79 Å². The van der Waals surface area contributed by atoms with E-state index in [1.54, 1.807) is 31.4 Å². The molecule has 3 aromatic rings. The molecular weight excluding hydrogens is 366 g/mol. The minimum Gasteiger partial charge on any atom is -0.497 e. The van der Waals surface area contributed by atoms with Crippen molar-refractivity contribution in [3.8, 4) is 17.2 Å². The lowest BCUT2D eigenvalue weighted by molar-refractivity contribution is 0.101. The lowest BCUT2D eigenvalue weighted by atomic mass is 10.1. The van der Waals surface area contributed by atoms with E-state index in [9.17, 15) is 4.79 Å². The zero-order valence-corrected chi connectivity index (χ0v) is 16.8. The van der Waals surface area contributed by atoms with Gasteiger partial charge in [0.15, 0.2) is 5.76 Å². The van der Waals surface area contributed by atoms with Crippen LogP contribution in [-0.4, -0.2) is 24.1 Å². The summed E-state index contributed by atoms with van der Waals surface area (Å²) in [7, 11) is 1.64. The number of hydrogen-bond acceptors (Lipinski definition) is 4.